The van der Waals surface area contributed by atoms with Gasteiger partial charge in [-0.15, -0.1) is 0 Å². The first-order valence-corrected chi connectivity index (χ1v) is 6.89. The van der Waals surface area contributed by atoms with Gasteiger partial charge < -0.3 is 22.1 Å². The number of aryl methyl sites for hydroxylation is 1. The molecule has 0 spiro atoms. The van der Waals surface area contributed by atoms with E-state index < -0.39 is 11.8 Å². The lowest BCUT2D eigenvalue weighted by molar-refractivity contribution is -0.116. The van der Waals surface area contributed by atoms with Crippen LogP contribution in [0.2, 0.25) is 0 Å². The van der Waals surface area contributed by atoms with Crippen molar-refractivity contribution in [3.05, 3.63) is 35.5 Å². The number of anilines is 3. The Morgan fingerprint density at radius 2 is 2.05 bits per heavy atom. The minimum atomic E-state index is -0.541. The first-order chi connectivity index (χ1) is 9.95. The van der Waals surface area contributed by atoms with Gasteiger partial charge in [0.1, 0.15) is 5.00 Å². The molecule has 2 aromatic rings. The fraction of sp³-hybridized carbons (Fsp3) is 0.154. The molecule has 0 saturated carbocycles. The zero-order chi connectivity index (χ0) is 15.4. The molecular weight excluding hydrogens is 290 g/mol. The van der Waals surface area contributed by atoms with Crippen LogP contribution in [0.4, 0.5) is 16.4 Å². The molecule has 7 nitrogen and oxygen atoms in total. The maximum absolute atomic E-state index is 11.5. The maximum Gasteiger partial charge on any atom is 0.250 e. The van der Waals surface area contributed by atoms with E-state index in [2.05, 4.69) is 15.0 Å². The number of primary amides is 2. The summed E-state index contributed by atoms with van der Waals surface area (Å²) in [6.07, 6.45) is 0. The second-order valence-corrected chi connectivity index (χ2v) is 5.21. The number of nitrogens with two attached hydrogens (primary N) is 2. The monoisotopic (exact) mass is 305 g/mol. The quantitative estimate of drug-likeness (QED) is 0.638. The van der Waals surface area contributed by atoms with Crippen LogP contribution in [0.3, 0.4) is 0 Å². The molecule has 110 valence electrons. The minimum Gasteiger partial charge on any atom is -0.376 e. The predicted octanol–water partition coefficient (Wildman–Crippen LogP) is 1.19. The van der Waals surface area contributed by atoms with Gasteiger partial charge >= 0.3 is 0 Å². The second-order valence-electron chi connectivity index (χ2n) is 4.40. The van der Waals surface area contributed by atoms with Crippen LogP contribution < -0.4 is 22.1 Å². The summed E-state index contributed by atoms with van der Waals surface area (Å²) in [7, 11) is 0. The smallest absolute Gasteiger partial charge is 0.250 e. The number of carbonyl (C=O) groups excluding carboxylic acids is 2. The molecular formula is C13H15N5O2S. The van der Waals surface area contributed by atoms with Crippen LogP contribution in [0.5, 0.6) is 0 Å². The van der Waals surface area contributed by atoms with Crippen LogP contribution in [-0.4, -0.2) is 22.7 Å². The average molecular weight is 305 g/mol. The van der Waals surface area contributed by atoms with Crippen LogP contribution in [-0.2, 0) is 4.79 Å². The molecule has 0 aliphatic carbocycles. The van der Waals surface area contributed by atoms with Crippen molar-refractivity contribution in [1.82, 2.24) is 4.37 Å². The summed E-state index contributed by atoms with van der Waals surface area (Å²) in [5, 5.41) is 6.76. The summed E-state index contributed by atoms with van der Waals surface area (Å²) in [5.41, 5.74) is 12.9. The van der Waals surface area contributed by atoms with Gasteiger partial charge in [0.05, 0.1) is 23.5 Å². The third kappa shape index (κ3) is 3.93. The Hall–Kier alpha value is -2.61. The van der Waals surface area contributed by atoms with E-state index in [1.165, 1.54) is 11.5 Å². The largest absolute Gasteiger partial charge is 0.376 e. The summed E-state index contributed by atoms with van der Waals surface area (Å²) < 4.78 is 4.16. The number of rotatable bonds is 6. The van der Waals surface area contributed by atoms with Crippen LogP contribution in [0, 0.1) is 6.92 Å². The van der Waals surface area contributed by atoms with Crippen molar-refractivity contribution in [2.75, 3.05) is 17.2 Å². The highest BCUT2D eigenvalue weighted by molar-refractivity contribution is 7.10. The van der Waals surface area contributed by atoms with Gasteiger partial charge in [0.25, 0.3) is 5.91 Å². The number of hydrogen-bond acceptors (Lipinski definition) is 6. The third-order valence-corrected chi connectivity index (χ3v) is 3.43. The minimum absolute atomic E-state index is 0.00895. The summed E-state index contributed by atoms with van der Waals surface area (Å²) in [6.45, 7) is 1.89. The SMILES string of the molecule is Cc1cc(Nc2cc(NCC(N)=O)ccc2C(N)=O)sn1. The Bertz CT molecular complexity index is 683. The molecule has 0 atom stereocenters. The lowest BCUT2D eigenvalue weighted by Gasteiger charge is -2.11. The molecule has 0 aliphatic heterocycles. The van der Waals surface area contributed by atoms with Gasteiger partial charge in [-0.05, 0) is 42.7 Å². The molecule has 21 heavy (non-hydrogen) atoms. The zero-order valence-electron chi connectivity index (χ0n) is 11.3. The first-order valence-electron chi connectivity index (χ1n) is 6.12. The second kappa shape index (κ2) is 6.23. The molecule has 1 aromatic heterocycles. The van der Waals surface area contributed by atoms with Gasteiger partial charge in [0.15, 0.2) is 0 Å². The van der Waals surface area contributed by atoms with Gasteiger partial charge in [-0.1, -0.05) is 0 Å². The normalized spacial score (nSPS) is 10.1. The van der Waals surface area contributed by atoms with E-state index in [4.69, 9.17) is 11.5 Å². The number of carbonyl (C=O) groups is 2. The number of hydrogen-bond donors (Lipinski definition) is 4. The van der Waals surface area contributed by atoms with Gasteiger partial charge in [-0.3, -0.25) is 9.59 Å². The molecule has 2 rings (SSSR count). The summed E-state index contributed by atoms with van der Waals surface area (Å²) in [5.74, 6) is -1.01. The number of benzene rings is 1. The average Bonchev–Trinajstić information content (AvgIpc) is 2.81. The van der Waals surface area contributed by atoms with E-state index in [-0.39, 0.29) is 6.54 Å². The van der Waals surface area contributed by atoms with E-state index >= 15 is 0 Å². The predicted molar refractivity (Wildman–Crippen MR) is 82.8 cm³/mol. The van der Waals surface area contributed by atoms with Crippen LogP contribution in [0.15, 0.2) is 24.3 Å². The zero-order valence-corrected chi connectivity index (χ0v) is 12.2. The molecule has 0 aliphatic rings. The highest BCUT2D eigenvalue weighted by atomic mass is 32.1. The van der Waals surface area contributed by atoms with E-state index in [9.17, 15) is 9.59 Å². The molecule has 0 unspecified atom stereocenters. The molecule has 0 bridgehead atoms. The van der Waals surface area contributed by atoms with Crippen molar-refractivity contribution in [3.63, 3.8) is 0 Å². The van der Waals surface area contributed by atoms with Crippen molar-refractivity contribution < 1.29 is 9.59 Å². The Balaban J connectivity index is 2.28. The highest BCUT2D eigenvalue weighted by Crippen LogP contribution is 2.27. The van der Waals surface area contributed by atoms with Crippen molar-refractivity contribution in [1.29, 1.82) is 0 Å². The van der Waals surface area contributed by atoms with Gasteiger partial charge in [0, 0.05) is 5.69 Å². The van der Waals surface area contributed by atoms with Crippen LogP contribution in [0.1, 0.15) is 16.1 Å². The molecule has 1 heterocycles. The summed E-state index contributed by atoms with van der Waals surface area (Å²) in [4.78, 5) is 22.3. The van der Waals surface area contributed by atoms with Crippen molar-refractivity contribution in [3.8, 4) is 0 Å². The van der Waals surface area contributed by atoms with Gasteiger partial charge in [0.2, 0.25) is 5.91 Å². The highest BCUT2D eigenvalue weighted by Gasteiger charge is 2.11. The molecule has 6 N–H and O–H groups in total. The molecule has 1 aromatic carbocycles. The molecule has 8 heteroatoms. The van der Waals surface area contributed by atoms with E-state index in [1.54, 1.807) is 18.2 Å². The van der Waals surface area contributed by atoms with Crippen molar-refractivity contribution in [2.24, 2.45) is 11.5 Å². The Kier molecular flexibility index (Phi) is 4.39. The van der Waals surface area contributed by atoms with Crippen LogP contribution >= 0.6 is 11.5 Å². The number of nitrogens with zero attached hydrogens (tertiary/aromatic N) is 1. The molecule has 0 saturated heterocycles. The first kappa shape index (κ1) is 14.8. The fourth-order valence-corrected chi connectivity index (χ4v) is 2.39. The Labute approximate surface area is 125 Å². The van der Waals surface area contributed by atoms with Gasteiger partial charge in [-0.2, -0.15) is 4.37 Å². The van der Waals surface area contributed by atoms with Crippen molar-refractivity contribution >= 4 is 39.7 Å². The summed E-state index contributed by atoms with van der Waals surface area (Å²) >= 11 is 1.28. The van der Waals surface area contributed by atoms with E-state index in [1.807, 2.05) is 13.0 Å². The topological polar surface area (TPSA) is 123 Å². The van der Waals surface area contributed by atoms with Crippen molar-refractivity contribution in [2.45, 2.75) is 6.92 Å². The molecule has 0 radical (unpaired) electrons. The van der Waals surface area contributed by atoms with E-state index in [0.29, 0.717) is 16.9 Å². The van der Waals surface area contributed by atoms with Crippen LogP contribution in [0.25, 0.3) is 0 Å². The standard InChI is InChI=1S/C13H15N5O2S/c1-7-4-12(21-18-7)17-10-5-8(16-6-11(14)19)2-3-9(10)13(15)20/h2-5,16-17H,6H2,1H3,(H2,14,19)(H2,15,20). The van der Waals surface area contributed by atoms with E-state index in [0.717, 1.165) is 10.7 Å². The number of amides is 2. The number of aromatic nitrogens is 1. The Morgan fingerprint density at radius 3 is 2.62 bits per heavy atom. The number of nitrogens with one attached hydrogen (secondary N) is 2. The lowest BCUT2D eigenvalue weighted by Crippen LogP contribution is -2.22. The fourth-order valence-electron chi connectivity index (χ4n) is 1.72. The maximum atomic E-state index is 11.5. The molecule has 2 amide bonds. The lowest BCUT2D eigenvalue weighted by atomic mass is 10.1. The Morgan fingerprint density at radius 1 is 1.29 bits per heavy atom. The summed E-state index contributed by atoms with van der Waals surface area (Å²) in [6, 6.07) is 6.80. The third-order valence-electron chi connectivity index (χ3n) is 2.64. The molecule has 0 fully saturated rings. The van der Waals surface area contributed by atoms with Gasteiger partial charge in [-0.25, -0.2) is 0 Å².